The van der Waals surface area contributed by atoms with Crippen molar-refractivity contribution in [3.05, 3.63) is 41.5 Å². The fourth-order valence-electron chi connectivity index (χ4n) is 3.18. The molecule has 0 saturated heterocycles. The second-order valence-electron chi connectivity index (χ2n) is 6.96. The molecule has 1 unspecified atom stereocenters. The van der Waals surface area contributed by atoms with Gasteiger partial charge in [0.1, 0.15) is 0 Å². The van der Waals surface area contributed by atoms with Crippen LogP contribution in [0.5, 0.6) is 0 Å². The summed E-state index contributed by atoms with van der Waals surface area (Å²) in [5.41, 5.74) is 3.69. The van der Waals surface area contributed by atoms with Crippen LogP contribution in [0.2, 0.25) is 0 Å². The number of fused-ring (bicyclic) bond motifs is 1. The van der Waals surface area contributed by atoms with Gasteiger partial charge in [-0.05, 0) is 42.9 Å². The molecule has 0 radical (unpaired) electrons. The maximum absolute atomic E-state index is 4.79. The molecule has 1 aliphatic rings. The quantitative estimate of drug-likeness (QED) is 0.868. The molecule has 0 aliphatic carbocycles. The van der Waals surface area contributed by atoms with Crippen LogP contribution in [-0.2, 0) is 18.4 Å². The summed E-state index contributed by atoms with van der Waals surface area (Å²) in [5.74, 6) is 1.04. The second-order valence-corrected chi connectivity index (χ2v) is 6.96. The normalized spacial score (nSPS) is 18.8. The summed E-state index contributed by atoms with van der Waals surface area (Å²) in [6.45, 7) is 9.94. The SMILES string of the molecule is CC(C)c1cc2n(n1)CC(C(C)(C)c1cccnn1)CC2. The summed E-state index contributed by atoms with van der Waals surface area (Å²) in [4.78, 5) is 0. The average Bonchev–Trinajstić information content (AvgIpc) is 2.91. The standard InChI is InChI=1S/C17H24N4/c1-12(2)15-10-14-8-7-13(11-21(14)20-15)17(3,4)16-6-5-9-18-19-16/h5-6,9-10,12-13H,7-8,11H2,1-4H3. The van der Waals surface area contributed by atoms with E-state index in [9.17, 15) is 0 Å². The maximum Gasteiger partial charge on any atom is 0.0690 e. The molecule has 4 heteroatoms. The smallest absolute Gasteiger partial charge is 0.0690 e. The molecule has 21 heavy (non-hydrogen) atoms. The molecule has 0 fully saturated rings. The summed E-state index contributed by atoms with van der Waals surface area (Å²) in [6, 6.07) is 6.34. The van der Waals surface area contributed by atoms with E-state index in [0.29, 0.717) is 11.8 Å². The topological polar surface area (TPSA) is 43.6 Å². The van der Waals surface area contributed by atoms with Crippen LogP contribution in [0.4, 0.5) is 0 Å². The Morgan fingerprint density at radius 3 is 2.81 bits per heavy atom. The predicted octanol–water partition coefficient (Wildman–Crippen LogP) is 3.34. The molecule has 0 saturated carbocycles. The predicted molar refractivity (Wildman–Crippen MR) is 83.2 cm³/mol. The van der Waals surface area contributed by atoms with Gasteiger partial charge in [-0.3, -0.25) is 4.68 Å². The Kier molecular flexibility index (Phi) is 3.56. The lowest BCUT2D eigenvalue weighted by atomic mass is 9.72. The first-order valence-electron chi connectivity index (χ1n) is 7.83. The molecule has 0 N–H and O–H groups in total. The Labute approximate surface area is 126 Å². The molecule has 4 nitrogen and oxygen atoms in total. The van der Waals surface area contributed by atoms with E-state index in [1.807, 2.05) is 6.07 Å². The van der Waals surface area contributed by atoms with Crippen molar-refractivity contribution in [2.75, 3.05) is 0 Å². The van der Waals surface area contributed by atoms with Crippen molar-refractivity contribution in [2.45, 2.75) is 58.4 Å². The van der Waals surface area contributed by atoms with Crippen molar-refractivity contribution in [1.82, 2.24) is 20.0 Å². The van der Waals surface area contributed by atoms with Gasteiger partial charge in [-0.1, -0.05) is 27.7 Å². The van der Waals surface area contributed by atoms with Crippen molar-refractivity contribution in [3.63, 3.8) is 0 Å². The zero-order valence-electron chi connectivity index (χ0n) is 13.4. The van der Waals surface area contributed by atoms with Crippen LogP contribution in [-0.4, -0.2) is 20.0 Å². The van der Waals surface area contributed by atoms with Crippen LogP contribution in [0.15, 0.2) is 24.4 Å². The van der Waals surface area contributed by atoms with Crippen molar-refractivity contribution in [3.8, 4) is 0 Å². The van der Waals surface area contributed by atoms with Gasteiger partial charge < -0.3 is 0 Å². The van der Waals surface area contributed by atoms with Crippen molar-refractivity contribution < 1.29 is 0 Å². The molecule has 3 heterocycles. The van der Waals surface area contributed by atoms with Gasteiger partial charge in [0.2, 0.25) is 0 Å². The summed E-state index contributed by atoms with van der Waals surface area (Å²) in [7, 11) is 0. The number of nitrogens with zero attached hydrogens (tertiary/aromatic N) is 4. The van der Waals surface area contributed by atoms with Crippen LogP contribution < -0.4 is 0 Å². The number of rotatable bonds is 3. The van der Waals surface area contributed by atoms with Gasteiger partial charge in [0, 0.05) is 23.9 Å². The Hall–Kier alpha value is -1.71. The van der Waals surface area contributed by atoms with Gasteiger partial charge in [-0.25, -0.2) is 0 Å². The highest BCUT2D eigenvalue weighted by Crippen LogP contribution is 2.37. The Morgan fingerprint density at radius 1 is 1.33 bits per heavy atom. The van der Waals surface area contributed by atoms with E-state index < -0.39 is 0 Å². The Balaban J connectivity index is 1.85. The van der Waals surface area contributed by atoms with Crippen molar-refractivity contribution in [2.24, 2.45) is 5.92 Å². The minimum absolute atomic E-state index is 0.0237. The third-order valence-corrected chi connectivity index (χ3v) is 4.87. The number of hydrogen-bond donors (Lipinski definition) is 0. The first-order chi connectivity index (χ1) is 9.98. The third-order valence-electron chi connectivity index (χ3n) is 4.87. The van der Waals surface area contributed by atoms with E-state index in [1.165, 1.54) is 17.8 Å². The van der Waals surface area contributed by atoms with Crippen LogP contribution in [0.25, 0.3) is 0 Å². The van der Waals surface area contributed by atoms with E-state index in [1.54, 1.807) is 6.20 Å². The molecule has 2 aromatic rings. The first kappa shape index (κ1) is 14.2. The number of aryl methyl sites for hydroxylation is 1. The fourth-order valence-corrected chi connectivity index (χ4v) is 3.18. The molecule has 2 aromatic heterocycles. The molecular formula is C17H24N4. The third kappa shape index (κ3) is 2.59. The molecule has 1 aliphatic heterocycles. The lowest BCUT2D eigenvalue weighted by molar-refractivity contribution is 0.223. The van der Waals surface area contributed by atoms with Crippen molar-refractivity contribution in [1.29, 1.82) is 0 Å². The number of aromatic nitrogens is 4. The molecule has 0 amide bonds. The van der Waals surface area contributed by atoms with Gasteiger partial charge in [-0.2, -0.15) is 15.3 Å². The minimum Gasteiger partial charge on any atom is -0.269 e. The molecule has 0 bridgehead atoms. The molecule has 0 aromatic carbocycles. The van der Waals surface area contributed by atoms with Crippen LogP contribution in [0.1, 0.15) is 57.1 Å². The molecule has 1 atom stereocenters. The molecular weight excluding hydrogens is 260 g/mol. The van der Waals surface area contributed by atoms with E-state index in [-0.39, 0.29) is 5.41 Å². The lowest BCUT2D eigenvalue weighted by Crippen LogP contribution is -2.36. The van der Waals surface area contributed by atoms with Gasteiger partial charge >= 0.3 is 0 Å². The fraction of sp³-hybridized carbons (Fsp3) is 0.588. The summed E-state index contributed by atoms with van der Waals surface area (Å²) in [6.07, 6.45) is 4.03. The lowest BCUT2D eigenvalue weighted by Gasteiger charge is -2.36. The van der Waals surface area contributed by atoms with Crippen LogP contribution in [0, 0.1) is 5.92 Å². The number of hydrogen-bond acceptors (Lipinski definition) is 3. The van der Waals surface area contributed by atoms with E-state index >= 15 is 0 Å². The van der Waals surface area contributed by atoms with Crippen LogP contribution in [0.3, 0.4) is 0 Å². The highest BCUT2D eigenvalue weighted by molar-refractivity contribution is 5.19. The Bertz CT molecular complexity index is 613. The zero-order chi connectivity index (χ0) is 15.0. The van der Waals surface area contributed by atoms with Gasteiger partial charge in [0.15, 0.2) is 0 Å². The monoisotopic (exact) mass is 284 g/mol. The molecule has 3 rings (SSSR count). The average molecular weight is 284 g/mol. The minimum atomic E-state index is 0.0237. The van der Waals surface area contributed by atoms with Crippen molar-refractivity contribution >= 4 is 0 Å². The highest BCUT2D eigenvalue weighted by Gasteiger charge is 2.35. The van der Waals surface area contributed by atoms with E-state index in [4.69, 9.17) is 5.10 Å². The molecule has 0 spiro atoms. The first-order valence-corrected chi connectivity index (χ1v) is 7.83. The Morgan fingerprint density at radius 2 is 2.14 bits per heavy atom. The maximum atomic E-state index is 4.79. The van der Waals surface area contributed by atoms with E-state index in [0.717, 1.165) is 18.7 Å². The van der Waals surface area contributed by atoms with Gasteiger partial charge in [0.05, 0.1) is 11.4 Å². The van der Waals surface area contributed by atoms with Gasteiger partial charge in [-0.15, -0.1) is 0 Å². The molecule has 112 valence electrons. The highest BCUT2D eigenvalue weighted by atomic mass is 15.3. The summed E-state index contributed by atoms with van der Waals surface area (Å²) in [5, 5.41) is 13.2. The van der Waals surface area contributed by atoms with Crippen LogP contribution >= 0.6 is 0 Å². The summed E-state index contributed by atoms with van der Waals surface area (Å²) < 4.78 is 2.21. The largest absolute Gasteiger partial charge is 0.269 e. The van der Waals surface area contributed by atoms with Gasteiger partial charge in [0.25, 0.3) is 0 Å². The zero-order valence-corrected chi connectivity index (χ0v) is 13.4. The summed E-state index contributed by atoms with van der Waals surface area (Å²) >= 11 is 0. The van der Waals surface area contributed by atoms with E-state index in [2.05, 4.69) is 54.7 Å². The second kappa shape index (κ2) is 5.24.